The van der Waals surface area contributed by atoms with E-state index in [1.807, 2.05) is 18.2 Å². The van der Waals surface area contributed by atoms with E-state index in [0.29, 0.717) is 5.88 Å². The molecule has 0 unspecified atom stereocenters. The van der Waals surface area contributed by atoms with Gasteiger partial charge >= 0.3 is 0 Å². The smallest absolute Gasteiger partial charge is 0.123 e. The average molecular weight is 352 g/mol. The first-order valence-corrected chi connectivity index (χ1v) is 8.86. The molecule has 0 N–H and O–H groups in total. The lowest BCUT2D eigenvalue weighted by atomic mass is 9.81. The van der Waals surface area contributed by atoms with Crippen LogP contribution in [0, 0.1) is 11.7 Å². The minimum absolute atomic E-state index is 0.0262. The van der Waals surface area contributed by atoms with Crippen LogP contribution < -0.4 is 0 Å². The van der Waals surface area contributed by atoms with Gasteiger partial charge in [-0.1, -0.05) is 42.5 Å². The first-order valence-electron chi connectivity index (χ1n) is 7.89. The van der Waals surface area contributed by atoms with Crippen molar-refractivity contribution >= 4 is 23.2 Å². The largest absolute Gasteiger partial charge is 0.297 e. The predicted octanol–water partition coefficient (Wildman–Crippen LogP) is 4.89. The molecule has 1 aliphatic rings. The Morgan fingerprint density at radius 1 is 1.00 bits per heavy atom. The van der Waals surface area contributed by atoms with E-state index in [9.17, 15) is 4.39 Å². The van der Waals surface area contributed by atoms with E-state index in [1.165, 1.54) is 17.7 Å². The van der Waals surface area contributed by atoms with Crippen molar-refractivity contribution in [3.8, 4) is 0 Å². The second-order valence-electron chi connectivity index (χ2n) is 6.19. The van der Waals surface area contributed by atoms with Gasteiger partial charge in [-0.05, 0) is 29.2 Å². The minimum atomic E-state index is -0.219. The Kier molecular flexibility index (Phi) is 5.58. The molecule has 4 heteroatoms. The van der Waals surface area contributed by atoms with Gasteiger partial charge < -0.3 is 0 Å². The van der Waals surface area contributed by atoms with Gasteiger partial charge in [-0.15, -0.1) is 23.2 Å². The number of rotatable bonds is 4. The van der Waals surface area contributed by atoms with Crippen LogP contribution in [0.1, 0.15) is 17.0 Å². The van der Waals surface area contributed by atoms with Crippen molar-refractivity contribution in [2.24, 2.45) is 5.92 Å². The minimum Gasteiger partial charge on any atom is -0.297 e. The second kappa shape index (κ2) is 7.65. The number of likely N-dealkylation sites (tertiary alicyclic amines) is 1. The zero-order valence-corrected chi connectivity index (χ0v) is 14.3. The molecule has 0 aliphatic carbocycles. The van der Waals surface area contributed by atoms with E-state index in [2.05, 4.69) is 29.2 Å². The van der Waals surface area contributed by atoms with E-state index >= 15 is 0 Å². The average Bonchev–Trinajstić information content (AvgIpc) is 2.56. The Labute approximate surface area is 147 Å². The third-order valence-electron chi connectivity index (χ3n) is 4.52. The van der Waals surface area contributed by atoms with Crippen molar-refractivity contribution < 1.29 is 4.39 Å². The van der Waals surface area contributed by atoms with E-state index in [-0.39, 0.29) is 23.0 Å². The summed E-state index contributed by atoms with van der Waals surface area (Å²) in [7, 11) is 0. The van der Waals surface area contributed by atoms with Crippen LogP contribution in [0.15, 0.2) is 54.6 Å². The van der Waals surface area contributed by atoms with Crippen molar-refractivity contribution in [3.63, 3.8) is 0 Å². The van der Waals surface area contributed by atoms with Crippen molar-refractivity contribution in [3.05, 3.63) is 71.5 Å². The summed E-state index contributed by atoms with van der Waals surface area (Å²) in [6.07, 6.45) is 0. The molecule has 0 amide bonds. The monoisotopic (exact) mass is 351 g/mol. The molecule has 1 nitrogen and oxygen atoms in total. The lowest BCUT2D eigenvalue weighted by Gasteiger charge is -2.41. The molecule has 0 saturated carbocycles. The van der Waals surface area contributed by atoms with Crippen LogP contribution in [-0.4, -0.2) is 29.2 Å². The van der Waals surface area contributed by atoms with Gasteiger partial charge in [0, 0.05) is 31.4 Å². The van der Waals surface area contributed by atoms with Gasteiger partial charge in [-0.25, -0.2) is 4.39 Å². The summed E-state index contributed by atoms with van der Waals surface area (Å²) in [5, 5.41) is -0.0262. The number of hydrogen-bond acceptors (Lipinski definition) is 1. The van der Waals surface area contributed by atoms with Crippen molar-refractivity contribution in [1.82, 2.24) is 4.90 Å². The Balaban J connectivity index is 1.74. The molecule has 3 atom stereocenters. The summed E-state index contributed by atoms with van der Waals surface area (Å²) in [4.78, 5) is 2.36. The summed E-state index contributed by atoms with van der Waals surface area (Å²) < 4.78 is 13.2. The predicted molar refractivity (Wildman–Crippen MR) is 94.7 cm³/mol. The third kappa shape index (κ3) is 4.06. The Bertz CT molecular complexity index is 617. The molecule has 1 aliphatic heterocycles. The van der Waals surface area contributed by atoms with Crippen molar-refractivity contribution in [2.75, 3.05) is 19.0 Å². The summed E-state index contributed by atoms with van der Waals surface area (Å²) >= 11 is 12.9. The maximum atomic E-state index is 13.2. The lowest BCUT2D eigenvalue weighted by Crippen LogP contribution is -2.46. The molecule has 1 fully saturated rings. The fraction of sp³-hybridized carbons (Fsp3) is 0.368. The van der Waals surface area contributed by atoms with Crippen LogP contribution >= 0.6 is 23.2 Å². The standard InChI is InChI=1S/C19H20Cl2FN/c20-10-16-12-23(11-14-4-2-1-3-5-14)13-18(21)19(16)15-6-8-17(22)9-7-15/h1-9,16,18-19H,10-13H2/t16-,18+,19+/m1/s1. The van der Waals surface area contributed by atoms with Crippen molar-refractivity contribution in [2.45, 2.75) is 17.8 Å². The van der Waals surface area contributed by atoms with Gasteiger partial charge in [-0.2, -0.15) is 0 Å². The Morgan fingerprint density at radius 3 is 2.35 bits per heavy atom. The number of piperidine rings is 1. The Morgan fingerprint density at radius 2 is 1.70 bits per heavy atom. The van der Waals surface area contributed by atoms with Gasteiger partial charge in [0.05, 0.1) is 5.38 Å². The van der Waals surface area contributed by atoms with Gasteiger partial charge in [0.2, 0.25) is 0 Å². The molecule has 0 aromatic heterocycles. The van der Waals surface area contributed by atoms with Crippen LogP contribution in [0.2, 0.25) is 0 Å². The van der Waals surface area contributed by atoms with Crippen LogP contribution in [0.5, 0.6) is 0 Å². The summed E-state index contributed by atoms with van der Waals surface area (Å²) in [6, 6.07) is 17.1. The highest BCUT2D eigenvalue weighted by Gasteiger charge is 2.36. The number of benzene rings is 2. The highest BCUT2D eigenvalue weighted by Crippen LogP contribution is 2.37. The zero-order chi connectivity index (χ0) is 16.2. The SMILES string of the molecule is Fc1ccc([C@H]2[C@H](CCl)CN(Cc3ccccc3)C[C@@H]2Cl)cc1. The molecule has 0 radical (unpaired) electrons. The maximum absolute atomic E-state index is 13.2. The van der Waals surface area contributed by atoms with Crippen LogP contribution in [-0.2, 0) is 6.54 Å². The fourth-order valence-electron chi connectivity index (χ4n) is 3.46. The molecular weight excluding hydrogens is 332 g/mol. The second-order valence-corrected chi connectivity index (χ2v) is 7.06. The number of hydrogen-bond donors (Lipinski definition) is 0. The Hall–Kier alpha value is -1.09. The molecule has 23 heavy (non-hydrogen) atoms. The molecule has 122 valence electrons. The van der Waals surface area contributed by atoms with Gasteiger partial charge in [-0.3, -0.25) is 4.90 Å². The normalized spacial score (nSPS) is 25.4. The van der Waals surface area contributed by atoms with E-state index in [1.54, 1.807) is 0 Å². The number of alkyl halides is 2. The highest BCUT2D eigenvalue weighted by molar-refractivity contribution is 6.21. The topological polar surface area (TPSA) is 3.24 Å². The maximum Gasteiger partial charge on any atom is 0.123 e. The fourth-order valence-corrected chi connectivity index (χ4v) is 4.29. The molecule has 2 aromatic rings. The first-order chi connectivity index (χ1) is 11.2. The van der Waals surface area contributed by atoms with Crippen molar-refractivity contribution in [1.29, 1.82) is 0 Å². The molecule has 3 rings (SSSR count). The first kappa shape index (κ1) is 16.8. The van der Waals surface area contributed by atoms with E-state index in [4.69, 9.17) is 23.2 Å². The molecule has 0 bridgehead atoms. The number of halogens is 3. The van der Waals surface area contributed by atoms with E-state index in [0.717, 1.165) is 25.2 Å². The highest BCUT2D eigenvalue weighted by atomic mass is 35.5. The summed E-state index contributed by atoms with van der Waals surface area (Å²) in [5.74, 6) is 0.768. The molecule has 1 heterocycles. The van der Waals surface area contributed by atoms with Gasteiger partial charge in [0.25, 0.3) is 0 Å². The van der Waals surface area contributed by atoms with Crippen LogP contribution in [0.4, 0.5) is 4.39 Å². The number of nitrogens with zero attached hydrogens (tertiary/aromatic N) is 1. The zero-order valence-electron chi connectivity index (χ0n) is 12.8. The molecule has 0 spiro atoms. The quantitative estimate of drug-likeness (QED) is 0.709. The van der Waals surface area contributed by atoms with Gasteiger partial charge in [0.1, 0.15) is 5.82 Å². The van der Waals surface area contributed by atoms with Crippen LogP contribution in [0.3, 0.4) is 0 Å². The molecule has 2 aromatic carbocycles. The van der Waals surface area contributed by atoms with Crippen LogP contribution in [0.25, 0.3) is 0 Å². The third-order valence-corrected chi connectivity index (χ3v) is 5.33. The summed E-state index contributed by atoms with van der Waals surface area (Å²) in [5.41, 5.74) is 2.36. The van der Waals surface area contributed by atoms with E-state index < -0.39 is 0 Å². The van der Waals surface area contributed by atoms with Gasteiger partial charge in [0.15, 0.2) is 0 Å². The molecular formula is C19H20Cl2FN. The lowest BCUT2D eigenvalue weighted by molar-refractivity contribution is 0.161. The molecule has 1 saturated heterocycles. The summed E-state index contributed by atoms with van der Waals surface area (Å²) in [6.45, 7) is 2.60.